The van der Waals surface area contributed by atoms with Gasteiger partial charge in [-0.15, -0.1) is 0 Å². The van der Waals surface area contributed by atoms with Gasteiger partial charge in [0.2, 0.25) is 11.7 Å². The maximum absolute atomic E-state index is 11.6. The molecule has 2 heterocycles. The summed E-state index contributed by atoms with van der Waals surface area (Å²) in [7, 11) is 1.36. The minimum Gasteiger partial charge on any atom is -0.465 e. The molecule has 0 bridgehead atoms. The third-order valence-corrected chi connectivity index (χ3v) is 5.18. The second kappa shape index (κ2) is 9.65. The van der Waals surface area contributed by atoms with E-state index in [9.17, 15) is 4.79 Å². The second-order valence-electron chi connectivity index (χ2n) is 7.38. The van der Waals surface area contributed by atoms with E-state index in [1.165, 1.54) is 12.7 Å². The predicted octanol–water partition coefficient (Wildman–Crippen LogP) is 3.70. The summed E-state index contributed by atoms with van der Waals surface area (Å²) in [6.45, 7) is 3.05. The summed E-state index contributed by atoms with van der Waals surface area (Å²) in [5.74, 6) is 0.713. The highest BCUT2D eigenvalue weighted by Gasteiger charge is 2.22. The lowest BCUT2D eigenvalue weighted by molar-refractivity contribution is -0.0141. The first-order chi connectivity index (χ1) is 14.7. The van der Waals surface area contributed by atoms with Crippen molar-refractivity contribution in [2.75, 3.05) is 20.2 Å². The first-order valence-corrected chi connectivity index (χ1v) is 10.1. The molecule has 1 atom stereocenters. The molecule has 0 amide bonds. The fraction of sp³-hybridized carbons (Fsp3) is 0.348. The van der Waals surface area contributed by atoms with E-state index in [0.29, 0.717) is 30.4 Å². The summed E-state index contributed by atoms with van der Waals surface area (Å²) in [5.41, 5.74) is 2.47. The molecule has 156 valence electrons. The van der Waals surface area contributed by atoms with Gasteiger partial charge in [-0.25, -0.2) is 4.79 Å². The molecule has 4 rings (SSSR count). The van der Waals surface area contributed by atoms with Crippen molar-refractivity contribution in [3.05, 3.63) is 71.6 Å². The van der Waals surface area contributed by atoms with E-state index in [0.717, 1.165) is 31.5 Å². The molecule has 3 aromatic rings. The van der Waals surface area contributed by atoms with E-state index < -0.39 is 0 Å². The number of methoxy groups -OCH3 is 1. The zero-order valence-electron chi connectivity index (χ0n) is 17.0. The molecule has 0 N–H and O–H groups in total. The van der Waals surface area contributed by atoms with Crippen LogP contribution in [0.3, 0.4) is 0 Å². The van der Waals surface area contributed by atoms with E-state index in [1.54, 1.807) is 24.3 Å². The zero-order valence-corrected chi connectivity index (χ0v) is 17.0. The Kier molecular flexibility index (Phi) is 6.51. The van der Waals surface area contributed by atoms with E-state index in [-0.39, 0.29) is 12.1 Å². The monoisotopic (exact) mass is 407 g/mol. The van der Waals surface area contributed by atoms with Gasteiger partial charge in [0.1, 0.15) is 0 Å². The lowest BCUT2D eigenvalue weighted by Gasteiger charge is -2.31. The van der Waals surface area contributed by atoms with Crippen molar-refractivity contribution in [3.8, 4) is 11.4 Å². The van der Waals surface area contributed by atoms with E-state index in [2.05, 4.69) is 27.2 Å². The maximum Gasteiger partial charge on any atom is 0.337 e. The number of carbonyl (C=O) groups is 1. The number of likely N-dealkylation sites (tertiary alicyclic amines) is 1. The molecular formula is C23H25N3O4. The van der Waals surface area contributed by atoms with Crippen LogP contribution in [0.2, 0.25) is 0 Å². The van der Waals surface area contributed by atoms with Crippen molar-refractivity contribution in [2.24, 2.45) is 0 Å². The molecule has 1 aliphatic heterocycles. The van der Waals surface area contributed by atoms with Crippen molar-refractivity contribution in [1.29, 1.82) is 0 Å². The first-order valence-electron chi connectivity index (χ1n) is 10.1. The molecule has 0 radical (unpaired) electrons. The second-order valence-corrected chi connectivity index (χ2v) is 7.38. The third-order valence-electron chi connectivity index (χ3n) is 5.18. The number of hydrogen-bond donors (Lipinski definition) is 0. The van der Waals surface area contributed by atoms with Gasteiger partial charge < -0.3 is 14.0 Å². The Hall–Kier alpha value is -3.03. The fourth-order valence-electron chi connectivity index (χ4n) is 3.58. The van der Waals surface area contributed by atoms with Crippen LogP contribution in [0, 0.1) is 0 Å². The summed E-state index contributed by atoms with van der Waals surface area (Å²) in [6, 6.07) is 17.2. The van der Waals surface area contributed by atoms with Crippen LogP contribution in [0.4, 0.5) is 0 Å². The molecule has 0 saturated carbocycles. The highest BCUT2D eigenvalue weighted by atomic mass is 16.5. The number of benzene rings is 2. The maximum atomic E-state index is 11.6. The Morgan fingerprint density at radius 3 is 2.73 bits per heavy atom. The lowest BCUT2D eigenvalue weighted by Crippen LogP contribution is -2.39. The third kappa shape index (κ3) is 5.11. The molecule has 7 nitrogen and oxygen atoms in total. The average Bonchev–Trinajstić information content (AvgIpc) is 3.26. The molecule has 2 aromatic carbocycles. The molecule has 30 heavy (non-hydrogen) atoms. The molecule has 0 spiro atoms. The summed E-state index contributed by atoms with van der Waals surface area (Å²) < 4.78 is 16.3. The number of aromatic nitrogens is 2. The Labute approximate surface area is 175 Å². The van der Waals surface area contributed by atoms with Gasteiger partial charge in [0.15, 0.2) is 0 Å². The topological polar surface area (TPSA) is 77.7 Å². The number of carbonyl (C=O) groups excluding carboxylic acids is 1. The fourth-order valence-corrected chi connectivity index (χ4v) is 3.58. The van der Waals surface area contributed by atoms with E-state index in [1.807, 2.05) is 18.2 Å². The number of piperidine rings is 1. The molecule has 1 unspecified atom stereocenters. The van der Waals surface area contributed by atoms with Crippen LogP contribution in [-0.2, 0) is 22.6 Å². The van der Waals surface area contributed by atoms with Crippen LogP contribution in [0.25, 0.3) is 11.4 Å². The number of hydrogen-bond acceptors (Lipinski definition) is 7. The van der Waals surface area contributed by atoms with Gasteiger partial charge in [-0.1, -0.05) is 47.6 Å². The largest absolute Gasteiger partial charge is 0.465 e. The molecule has 1 fully saturated rings. The first kappa shape index (κ1) is 20.3. The van der Waals surface area contributed by atoms with Crippen molar-refractivity contribution in [1.82, 2.24) is 15.0 Å². The molecule has 1 saturated heterocycles. The van der Waals surface area contributed by atoms with Crippen LogP contribution < -0.4 is 0 Å². The highest BCUT2D eigenvalue weighted by Crippen LogP contribution is 2.20. The molecule has 7 heteroatoms. The molecule has 1 aromatic heterocycles. The predicted molar refractivity (Wildman–Crippen MR) is 111 cm³/mol. The molecular weight excluding hydrogens is 382 g/mol. The van der Waals surface area contributed by atoms with Crippen molar-refractivity contribution >= 4 is 5.97 Å². The SMILES string of the molecule is COC(=O)c1ccc(-c2noc(CN3CCCC(OCc4ccccc4)C3)n2)cc1. The van der Waals surface area contributed by atoms with Gasteiger partial charge in [0.25, 0.3) is 0 Å². The van der Waals surface area contributed by atoms with Crippen molar-refractivity contribution in [2.45, 2.75) is 32.1 Å². The van der Waals surface area contributed by atoms with Gasteiger partial charge in [-0.3, -0.25) is 4.90 Å². The Bertz CT molecular complexity index is 956. The zero-order chi connectivity index (χ0) is 20.8. The van der Waals surface area contributed by atoms with Gasteiger partial charge in [-0.2, -0.15) is 4.98 Å². The lowest BCUT2D eigenvalue weighted by atomic mass is 10.1. The molecule has 0 aliphatic carbocycles. The van der Waals surface area contributed by atoms with Crippen molar-refractivity contribution < 1.29 is 18.8 Å². The summed E-state index contributed by atoms with van der Waals surface area (Å²) in [5, 5.41) is 4.08. The smallest absolute Gasteiger partial charge is 0.337 e. The quantitative estimate of drug-likeness (QED) is 0.553. The minimum atomic E-state index is -0.371. The Morgan fingerprint density at radius 1 is 1.17 bits per heavy atom. The summed E-state index contributed by atoms with van der Waals surface area (Å²) in [4.78, 5) is 18.4. The highest BCUT2D eigenvalue weighted by molar-refractivity contribution is 5.89. The van der Waals surface area contributed by atoms with E-state index >= 15 is 0 Å². The van der Waals surface area contributed by atoms with Crippen LogP contribution in [0.1, 0.15) is 34.7 Å². The van der Waals surface area contributed by atoms with Crippen LogP contribution in [0.5, 0.6) is 0 Å². The van der Waals surface area contributed by atoms with Gasteiger partial charge >= 0.3 is 5.97 Å². The minimum absolute atomic E-state index is 0.201. The number of esters is 1. The number of rotatable bonds is 7. The van der Waals surface area contributed by atoms with Crippen LogP contribution in [-0.4, -0.2) is 47.3 Å². The van der Waals surface area contributed by atoms with Crippen molar-refractivity contribution in [3.63, 3.8) is 0 Å². The normalized spacial score (nSPS) is 17.0. The van der Waals surface area contributed by atoms with E-state index in [4.69, 9.17) is 14.0 Å². The summed E-state index contributed by atoms with van der Waals surface area (Å²) >= 11 is 0. The van der Waals surface area contributed by atoms with Gasteiger partial charge in [0, 0.05) is 12.1 Å². The Balaban J connectivity index is 1.32. The average molecular weight is 407 g/mol. The number of ether oxygens (including phenoxy) is 2. The van der Waals surface area contributed by atoms with Crippen LogP contribution >= 0.6 is 0 Å². The van der Waals surface area contributed by atoms with Gasteiger partial charge in [0.05, 0.1) is 31.9 Å². The summed E-state index contributed by atoms with van der Waals surface area (Å²) in [6.07, 6.45) is 2.34. The number of nitrogens with zero attached hydrogens (tertiary/aromatic N) is 3. The standard InChI is InChI=1S/C23H25N3O4/c1-28-23(27)19-11-9-18(10-12-19)22-24-21(30-25-22)15-26-13-5-8-20(14-26)29-16-17-6-3-2-4-7-17/h2-4,6-7,9-12,20H,5,8,13-16H2,1H3. The molecule has 1 aliphatic rings. The van der Waals surface area contributed by atoms with Gasteiger partial charge in [-0.05, 0) is 37.1 Å². The van der Waals surface area contributed by atoms with Crippen LogP contribution in [0.15, 0.2) is 59.1 Å². The Morgan fingerprint density at radius 2 is 1.97 bits per heavy atom.